The molecule has 0 aliphatic heterocycles. The van der Waals surface area contributed by atoms with E-state index in [2.05, 4.69) is 18.8 Å². The third kappa shape index (κ3) is 6.64. The minimum atomic E-state index is -0.0598. The van der Waals surface area contributed by atoms with Gasteiger partial charge >= 0.3 is 0 Å². The van der Waals surface area contributed by atoms with Gasteiger partial charge in [0.15, 0.2) is 0 Å². The number of aryl methyl sites for hydroxylation is 1. The fourth-order valence-electron chi connectivity index (χ4n) is 1.77. The molecule has 1 rings (SSSR count). The highest BCUT2D eigenvalue weighted by atomic mass is 32.1. The lowest BCUT2D eigenvalue weighted by molar-refractivity contribution is 0.123. The molecule has 0 spiro atoms. The summed E-state index contributed by atoms with van der Waals surface area (Å²) in [7, 11) is 0. The summed E-state index contributed by atoms with van der Waals surface area (Å²) in [6.07, 6.45) is 7.72. The van der Waals surface area contributed by atoms with Gasteiger partial charge in [-0.3, -0.25) is 4.98 Å². The molecule has 0 unspecified atom stereocenters. The van der Waals surface area contributed by atoms with Gasteiger partial charge in [0, 0.05) is 31.0 Å². The first-order valence-corrected chi connectivity index (χ1v) is 7.20. The Labute approximate surface area is 121 Å². The average molecular weight is 280 g/mol. The van der Waals surface area contributed by atoms with E-state index in [1.165, 1.54) is 5.56 Å². The first kappa shape index (κ1) is 16.1. The Hall–Kier alpha value is -1.00. The van der Waals surface area contributed by atoms with E-state index in [4.69, 9.17) is 22.7 Å². The number of nitrogens with zero attached hydrogens (tertiary/aromatic N) is 1. The van der Waals surface area contributed by atoms with Gasteiger partial charge in [-0.15, -0.1) is 0 Å². The SMILES string of the molecule is CC(C)(CCCOCCCc1ccncc1)C(N)=S. The maximum Gasteiger partial charge on any atom is 0.0784 e. The van der Waals surface area contributed by atoms with Crippen molar-refractivity contribution in [3.8, 4) is 0 Å². The van der Waals surface area contributed by atoms with Crippen molar-refractivity contribution in [3.63, 3.8) is 0 Å². The Morgan fingerprint density at radius 1 is 1.26 bits per heavy atom. The standard InChI is InChI=1S/C15H24N2OS/c1-15(2,14(16)19)8-4-12-18-11-3-5-13-6-9-17-10-7-13/h6-7,9-10H,3-5,8,11-12H2,1-2H3,(H2,16,19). The molecular formula is C15H24N2OS. The summed E-state index contributed by atoms with van der Waals surface area (Å²) in [5.74, 6) is 0. The van der Waals surface area contributed by atoms with Gasteiger partial charge in [0.2, 0.25) is 0 Å². The van der Waals surface area contributed by atoms with Gasteiger partial charge in [-0.25, -0.2) is 0 Å². The van der Waals surface area contributed by atoms with Crippen LogP contribution in [0, 0.1) is 5.41 Å². The summed E-state index contributed by atoms with van der Waals surface area (Å²) in [6.45, 7) is 5.75. The second-order valence-corrected chi connectivity index (χ2v) is 5.86. The Balaban J connectivity index is 2.02. The number of pyridine rings is 1. The topological polar surface area (TPSA) is 48.1 Å². The molecule has 2 N–H and O–H groups in total. The summed E-state index contributed by atoms with van der Waals surface area (Å²) < 4.78 is 5.63. The normalized spacial score (nSPS) is 11.5. The van der Waals surface area contributed by atoms with E-state index in [1.807, 2.05) is 24.5 Å². The largest absolute Gasteiger partial charge is 0.393 e. The van der Waals surface area contributed by atoms with Crippen LogP contribution >= 0.6 is 12.2 Å². The third-order valence-corrected chi connectivity index (χ3v) is 3.81. The van der Waals surface area contributed by atoms with E-state index in [0.717, 1.165) is 38.9 Å². The van der Waals surface area contributed by atoms with Crippen LogP contribution in [-0.4, -0.2) is 23.2 Å². The van der Waals surface area contributed by atoms with Crippen LogP contribution in [-0.2, 0) is 11.2 Å². The maximum absolute atomic E-state index is 5.68. The fraction of sp³-hybridized carbons (Fsp3) is 0.600. The summed E-state index contributed by atoms with van der Waals surface area (Å²) in [5, 5.41) is 0. The molecule has 1 aromatic rings. The van der Waals surface area contributed by atoms with Crippen molar-refractivity contribution in [1.82, 2.24) is 4.98 Å². The van der Waals surface area contributed by atoms with Gasteiger partial charge in [-0.05, 0) is 43.4 Å². The smallest absolute Gasteiger partial charge is 0.0784 e. The molecule has 1 aromatic heterocycles. The number of aromatic nitrogens is 1. The maximum atomic E-state index is 5.68. The van der Waals surface area contributed by atoms with Crippen LogP contribution < -0.4 is 5.73 Å². The molecule has 0 aliphatic rings. The highest BCUT2D eigenvalue weighted by Crippen LogP contribution is 2.22. The van der Waals surface area contributed by atoms with E-state index in [-0.39, 0.29) is 5.41 Å². The van der Waals surface area contributed by atoms with Gasteiger partial charge < -0.3 is 10.5 Å². The molecule has 0 amide bonds. The van der Waals surface area contributed by atoms with Gasteiger partial charge in [-0.2, -0.15) is 0 Å². The molecule has 106 valence electrons. The molecular weight excluding hydrogens is 256 g/mol. The first-order chi connectivity index (χ1) is 9.02. The van der Waals surface area contributed by atoms with Crippen molar-refractivity contribution >= 4 is 17.2 Å². The Morgan fingerprint density at radius 3 is 2.53 bits per heavy atom. The molecule has 0 aliphatic carbocycles. The number of thiocarbonyl (C=S) groups is 1. The Kier molecular flexibility index (Phi) is 6.95. The lowest BCUT2D eigenvalue weighted by Crippen LogP contribution is -2.29. The zero-order chi connectivity index (χ0) is 14.1. The molecule has 3 nitrogen and oxygen atoms in total. The monoisotopic (exact) mass is 280 g/mol. The average Bonchev–Trinajstić information content (AvgIpc) is 2.38. The van der Waals surface area contributed by atoms with Crippen LogP contribution in [0.5, 0.6) is 0 Å². The van der Waals surface area contributed by atoms with E-state index < -0.39 is 0 Å². The molecule has 1 heterocycles. The van der Waals surface area contributed by atoms with Gasteiger partial charge in [0.05, 0.1) is 4.99 Å². The summed E-state index contributed by atoms with van der Waals surface area (Å²) in [6, 6.07) is 4.09. The van der Waals surface area contributed by atoms with Crippen molar-refractivity contribution in [2.24, 2.45) is 11.1 Å². The molecule has 0 saturated carbocycles. The highest BCUT2D eigenvalue weighted by Gasteiger charge is 2.20. The summed E-state index contributed by atoms with van der Waals surface area (Å²) >= 11 is 5.04. The zero-order valence-electron chi connectivity index (χ0n) is 11.9. The van der Waals surface area contributed by atoms with Crippen LogP contribution in [0.25, 0.3) is 0 Å². The fourth-order valence-corrected chi connectivity index (χ4v) is 1.87. The second-order valence-electron chi connectivity index (χ2n) is 5.42. The number of ether oxygens (including phenoxy) is 1. The quantitative estimate of drug-likeness (QED) is 0.558. The van der Waals surface area contributed by atoms with E-state index >= 15 is 0 Å². The van der Waals surface area contributed by atoms with Gasteiger partial charge in [0.25, 0.3) is 0 Å². The molecule has 0 saturated heterocycles. The molecule has 19 heavy (non-hydrogen) atoms. The van der Waals surface area contributed by atoms with E-state index in [9.17, 15) is 0 Å². The molecule has 4 heteroatoms. The Bertz CT molecular complexity index is 379. The molecule has 0 atom stereocenters. The van der Waals surface area contributed by atoms with Crippen LogP contribution in [0.4, 0.5) is 0 Å². The van der Waals surface area contributed by atoms with Crippen LogP contribution in [0.15, 0.2) is 24.5 Å². The van der Waals surface area contributed by atoms with Gasteiger partial charge in [-0.1, -0.05) is 26.1 Å². The van der Waals surface area contributed by atoms with Crippen LogP contribution in [0.2, 0.25) is 0 Å². The molecule has 0 radical (unpaired) electrons. The highest BCUT2D eigenvalue weighted by molar-refractivity contribution is 7.80. The number of hydrogen-bond donors (Lipinski definition) is 1. The minimum absolute atomic E-state index is 0.0598. The minimum Gasteiger partial charge on any atom is -0.393 e. The zero-order valence-corrected chi connectivity index (χ0v) is 12.7. The summed E-state index contributed by atoms with van der Waals surface area (Å²) in [4.78, 5) is 4.59. The van der Waals surface area contributed by atoms with Gasteiger partial charge in [0.1, 0.15) is 0 Å². The van der Waals surface area contributed by atoms with Crippen LogP contribution in [0.1, 0.15) is 38.7 Å². The van der Waals surface area contributed by atoms with E-state index in [1.54, 1.807) is 0 Å². The number of rotatable bonds is 9. The lowest BCUT2D eigenvalue weighted by atomic mass is 9.88. The Morgan fingerprint density at radius 2 is 1.89 bits per heavy atom. The molecule has 0 fully saturated rings. The first-order valence-electron chi connectivity index (χ1n) is 6.79. The third-order valence-electron chi connectivity index (χ3n) is 3.26. The summed E-state index contributed by atoms with van der Waals surface area (Å²) in [5.41, 5.74) is 6.94. The number of hydrogen-bond acceptors (Lipinski definition) is 3. The predicted octanol–water partition coefficient (Wildman–Crippen LogP) is 3.12. The van der Waals surface area contributed by atoms with Crippen molar-refractivity contribution < 1.29 is 4.74 Å². The van der Waals surface area contributed by atoms with Crippen molar-refractivity contribution in [3.05, 3.63) is 30.1 Å². The van der Waals surface area contributed by atoms with E-state index in [0.29, 0.717) is 4.99 Å². The van der Waals surface area contributed by atoms with Crippen molar-refractivity contribution in [1.29, 1.82) is 0 Å². The van der Waals surface area contributed by atoms with Crippen molar-refractivity contribution in [2.75, 3.05) is 13.2 Å². The van der Waals surface area contributed by atoms with Crippen molar-refractivity contribution in [2.45, 2.75) is 39.5 Å². The lowest BCUT2D eigenvalue weighted by Gasteiger charge is -2.22. The molecule has 0 bridgehead atoms. The predicted molar refractivity (Wildman–Crippen MR) is 83.2 cm³/mol. The number of nitrogens with two attached hydrogens (primary N) is 1. The second kappa shape index (κ2) is 8.23. The van der Waals surface area contributed by atoms with Crippen LogP contribution in [0.3, 0.4) is 0 Å². The molecule has 0 aromatic carbocycles.